The fourth-order valence-corrected chi connectivity index (χ4v) is 4.46. The minimum absolute atomic E-state index is 0.0243. The standard InChI is InChI=1S/C16H15Cl2NO4S/c1-2-11-5-3-4-6-14(11)19(10-16(20)21)24(22,23)15-9-12(17)7-8-13(15)18/h3-9H,2,10H2,1H3,(H,20,21). The number of nitrogens with zero attached hydrogens (tertiary/aromatic N) is 1. The first-order valence-corrected chi connectivity index (χ1v) is 9.24. The molecule has 128 valence electrons. The molecule has 0 aliphatic heterocycles. The molecule has 24 heavy (non-hydrogen) atoms. The molecule has 0 radical (unpaired) electrons. The van der Waals surface area contributed by atoms with E-state index in [1.54, 1.807) is 24.3 Å². The van der Waals surface area contributed by atoms with Crippen LogP contribution in [0.2, 0.25) is 10.0 Å². The summed E-state index contributed by atoms with van der Waals surface area (Å²) in [5.74, 6) is -1.28. The van der Waals surface area contributed by atoms with Crippen molar-refractivity contribution < 1.29 is 18.3 Å². The van der Waals surface area contributed by atoms with Gasteiger partial charge in [0.15, 0.2) is 0 Å². The van der Waals surface area contributed by atoms with Crippen molar-refractivity contribution in [3.8, 4) is 0 Å². The summed E-state index contributed by atoms with van der Waals surface area (Å²) in [7, 11) is -4.20. The van der Waals surface area contributed by atoms with Crippen LogP contribution in [0.5, 0.6) is 0 Å². The van der Waals surface area contributed by atoms with Gasteiger partial charge in [-0.3, -0.25) is 9.10 Å². The second-order valence-corrected chi connectivity index (χ2v) is 7.64. The Bertz CT molecular complexity index is 868. The molecule has 0 saturated heterocycles. The lowest BCUT2D eigenvalue weighted by atomic mass is 10.1. The lowest BCUT2D eigenvalue weighted by Gasteiger charge is -2.25. The molecule has 0 unspecified atom stereocenters. The number of rotatable bonds is 6. The van der Waals surface area contributed by atoms with Gasteiger partial charge in [-0.25, -0.2) is 8.42 Å². The van der Waals surface area contributed by atoms with Crippen molar-refractivity contribution in [1.29, 1.82) is 0 Å². The number of para-hydroxylation sites is 1. The fourth-order valence-electron chi connectivity index (χ4n) is 2.27. The Kier molecular flexibility index (Phi) is 5.74. The average Bonchev–Trinajstić information content (AvgIpc) is 2.54. The second-order valence-electron chi connectivity index (χ2n) is 4.96. The van der Waals surface area contributed by atoms with Gasteiger partial charge < -0.3 is 5.11 Å². The zero-order chi connectivity index (χ0) is 17.9. The molecule has 2 aromatic carbocycles. The van der Waals surface area contributed by atoms with E-state index in [9.17, 15) is 18.3 Å². The summed E-state index contributed by atoms with van der Waals surface area (Å²) in [6.07, 6.45) is 0.547. The van der Waals surface area contributed by atoms with Crippen LogP contribution in [0.25, 0.3) is 0 Å². The molecular weight excluding hydrogens is 373 g/mol. The van der Waals surface area contributed by atoms with Crippen LogP contribution in [-0.4, -0.2) is 26.0 Å². The Morgan fingerprint density at radius 2 is 1.83 bits per heavy atom. The fraction of sp³-hybridized carbons (Fsp3) is 0.188. The molecule has 8 heteroatoms. The molecule has 0 amide bonds. The van der Waals surface area contributed by atoms with E-state index in [1.807, 2.05) is 6.92 Å². The summed E-state index contributed by atoms with van der Waals surface area (Å²) in [5.41, 5.74) is 1.01. The maximum absolute atomic E-state index is 13.0. The SMILES string of the molecule is CCc1ccccc1N(CC(=O)O)S(=O)(=O)c1cc(Cl)ccc1Cl. The van der Waals surface area contributed by atoms with Gasteiger partial charge in [0.1, 0.15) is 11.4 Å². The van der Waals surface area contributed by atoms with Crippen LogP contribution in [0.1, 0.15) is 12.5 Å². The number of hydrogen-bond acceptors (Lipinski definition) is 3. The monoisotopic (exact) mass is 387 g/mol. The van der Waals surface area contributed by atoms with Crippen LogP contribution in [0, 0.1) is 0 Å². The van der Waals surface area contributed by atoms with E-state index in [1.165, 1.54) is 18.2 Å². The molecule has 0 bridgehead atoms. The summed E-state index contributed by atoms with van der Waals surface area (Å²) >= 11 is 11.9. The van der Waals surface area contributed by atoms with Gasteiger partial charge in [0.2, 0.25) is 0 Å². The van der Waals surface area contributed by atoms with Gasteiger partial charge in [-0.2, -0.15) is 0 Å². The number of carboxylic acids is 1. The highest BCUT2D eigenvalue weighted by molar-refractivity contribution is 7.93. The highest BCUT2D eigenvalue weighted by atomic mass is 35.5. The zero-order valence-electron chi connectivity index (χ0n) is 12.7. The minimum atomic E-state index is -4.20. The number of benzene rings is 2. The highest BCUT2D eigenvalue weighted by Gasteiger charge is 2.30. The van der Waals surface area contributed by atoms with Gasteiger partial charge in [-0.05, 0) is 36.2 Å². The molecule has 2 rings (SSSR count). The number of sulfonamides is 1. The molecule has 0 aliphatic rings. The summed E-state index contributed by atoms with van der Waals surface area (Å²) in [6.45, 7) is 1.14. The predicted octanol–water partition coefficient (Wildman–Crippen LogP) is 3.84. The zero-order valence-corrected chi connectivity index (χ0v) is 15.1. The van der Waals surface area contributed by atoms with Gasteiger partial charge in [-0.1, -0.05) is 48.3 Å². The number of anilines is 1. The van der Waals surface area contributed by atoms with E-state index < -0.39 is 22.5 Å². The topological polar surface area (TPSA) is 74.7 Å². The molecule has 0 saturated carbocycles. The van der Waals surface area contributed by atoms with Crippen LogP contribution < -0.4 is 4.31 Å². The highest BCUT2D eigenvalue weighted by Crippen LogP contribution is 2.32. The van der Waals surface area contributed by atoms with Crippen molar-refractivity contribution in [3.05, 3.63) is 58.1 Å². The van der Waals surface area contributed by atoms with Crippen molar-refractivity contribution in [2.45, 2.75) is 18.2 Å². The molecule has 0 spiro atoms. The van der Waals surface area contributed by atoms with Gasteiger partial charge >= 0.3 is 5.97 Å². The number of halogens is 2. The lowest BCUT2D eigenvalue weighted by molar-refractivity contribution is -0.135. The maximum atomic E-state index is 13.0. The lowest BCUT2D eigenvalue weighted by Crippen LogP contribution is -2.36. The van der Waals surface area contributed by atoms with Gasteiger partial charge in [0.05, 0.1) is 10.7 Å². The number of carboxylic acid groups (broad SMARTS) is 1. The smallest absolute Gasteiger partial charge is 0.324 e. The predicted molar refractivity (Wildman–Crippen MR) is 94.4 cm³/mol. The van der Waals surface area contributed by atoms with Crippen LogP contribution in [0.4, 0.5) is 5.69 Å². The maximum Gasteiger partial charge on any atom is 0.324 e. The third kappa shape index (κ3) is 3.83. The Hall–Kier alpha value is -1.76. The first-order chi connectivity index (χ1) is 11.3. The molecule has 0 fully saturated rings. The van der Waals surface area contributed by atoms with E-state index in [0.29, 0.717) is 17.7 Å². The quantitative estimate of drug-likeness (QED) is 0.816. The minimum Gasteiger partial charge on any atom is -0.480 e. The summed E-state index contributed by atoms with van der Waals surface area (Å²) in [4.78, 5) is 11.0. The van der Waals surface area contributed by atoms with E-state index in [-0.39, 0.29) is 14.9 Å². The average molecular weight is 388 g/mol. The molecule has 5 nitrogen and oxygen atoms in total. The van der Waals surface area contributed by atoms with Crippen molar-refractivity contribution in [2.75, 3.05) is 10.8 Å². The molecule has 0 aromatic heterocycles. The normalized spacial score (nSPS) is 11.3. The molecule has 1 N–H and O–H groups in total. The Morgan fingerprint density at radius 3 is 2.46 bits per heavy atom. The molecule has 0 aliphatic carbocycles. The number of carbonyl (C=O) groups is 1. The number of hydrogen-bond donors (Lipinski definition) is 1. The third-order valence-electron chi connectivity index (χ3n) is 3.38. The van der Waals surface area contributed by atoms with Crippen molar-refractivity contribution in [1.82, 2.24) is 0 Å². The van der Waals surface area contributed by atoms with Gasteiger partial charge in [-0.15, -0.1) is 0 Å². The summed E-state index contributed by atoms with van der Waals surface area (Å²) < 4.78 is 26.9. The molecule has 0 heterocycles. The largest absolute Gasteiger partial charge is 0.480 e. The first kappa shape index (κ1) is 18.6. The van der Waals surface area contributed by atoms with Crippen LogP contribution in [0.15, 0.2) is 47.4 Å². The Balaban J connectivity index is 2.67. The molecule has 0 atom stereocenters. The third-order valence-corrected chi connectivity index (χ3v) is 5.86. The van der Waals surface area contributed by atoms with Crippen molar-refractivity contribution >= 4 is 44.9 Å². The summed E-state index contributed by atoms with van der Waals surface area (Å²) in [5, 5.41) is 9.35. The van der Waals surface area contributed by atoms with Crippen molar-refractivity contribution in [2.24, 2.45) is 0 Å². The van der Waals surface area contributed by atoms with E-state index in [2.05, 4.69) is 0 Å². The van der Waals surface area contributed by atoms with Crippen molar-refractivity contribution in [3.63, 3.8) is 0 Å². The van der Waals surface area contributed by atoms with Gasteiger partial charge in [0.25, 0.3) is 10.0 Å². The van der Waals surface area contributed by atoms with Crippen LogP contribution >= 0.6 is 23.2 Å². The van der Waals surface area contributed by atoms with Gasteiger partial charge in [0, 0.05) is 5.02 Å². The molecule has 2 aromatic rings. The van der Waals surface area contributed by atoms with Crippen LogP contribution in [0.3, 0.4) is 0 Å². The van der Waals surface area contributed by atoms with E-state index >= 15 is 0 Å². The van der Waals surface area contributed by atoms with E-state index in [4.69, 9.17) is 23.2 Å². The second kappa shape index (κ2) is 7.42. The number of aryl methyl sites for hydroxylation is 1. The first-order valence-electron chi connectivity index (χ1n) is 7.05. The van der Waals surface area contributed by atoms with Crippen LogP contribution in [-0.2, 0) is 21.2 Å². The summed E-state index contributed by atoms with van der Waals surface area (Å²) in [6, 6.07) is 10.8. The number of aliphatic carboxylic acids is 1. The Morgan fingerprint density at radius 1 is 1.17 bits per heavy atom. The van der Waals surface area contributed by atoms with E-state index in [0.717, 1.165) is 4.31 Å². The Labute approximate surface area is 150 Å². The molecular formula is C16H15Cl2NO4S.